The van der Waals surface area contributed by atoms with Gasteiger partial charge in [-0.25, -0.2) is 4.98 Å². The van der Waals surface area contributed by atoms with Gasteiger partial charge in [0.05, 0.1) is 18.0 Å². The average Bonchev–Trinajstić information content (AvgIpc) is 2.93. The Bertz CT molecular complexity index is 605. The molecule has 1 aromatic heterocycles. The first-order valence-corrected chi connectivity index (χ1v) is 10.4. The Morgan fingerprint density at radius 1 is 1.30 bits per heavy atom. The Labute approximate surface area is 163 Å². The Morgan fingerprint density at radius 2 is 2.15 bits per heavy atom. The van der Waals surface area contributed by atoms with Crippen LogP contribution in [0, 0.1) is 5.92 Å². The third-order valence-corrected chi connectivity index (χ3v) is 5.79. The van der Waals surface area contributed by atoms with Gasteiger partial charge in [-0.2, -0.15) is 0 Å². The maximum Gasteiger partial charge on any atom is 0.225 e. The van der Waals surface area contributed by atoms with E-state index in [2.05, 4.69) is 28.2 Å². The van der Waals surface area contributed by atoms with Crippen LogP contribution in [-0.2, 0) is 9.53 Å². The molecule has 6 nitrogen and oxygen atoms in total. The summed E-state index contributed by atoms with van der Waals surface area (Å²) in [5.41, 5.74) is 1.06. The molecule has 0 spiro atoms. The molecule has 3 atom stereocenters. The topological polar surface area (TPSA) is 57.7 Å². The number of nitrogens with one attached hydrogen (secondary N) is 1. The highest BCUT2D eigenvalue weighted by Gasteiger charge is 2.31. The average molecular weight is 375 g/mol. The van der Waals surface area contributed by atoms with E-state index in [0.717, 1.165) is 69.7 Å². The summed E-state index contributed by atoms with van der Waals surface area (Å²) in [6.07, 6.45) is 8.03. The van der Waals surface area contributed by atoms with Gasteiger partial charge in [0.2, 0.25) is 5.91 Å². The number of carbonyl (C=O) groups excluding carboxylic acids is 1. The molecule has 150 valence electrons. The van der Waals surface area contributed by atoms with Crippen molar-refractivity contribution in [1.29, 1.82) is 0 Å². The fraction of sp³-hybridized carbons (Fsp3) is 0.714. The lowest BCUT2D eigenvalue weighted by atomic mass is 9.93. The predicted octanol–water partition coefficient (Wildman–Crippen LogP) is 3.15. The van der Waals surface area contributed by atoms with E-state index in [9.17, 15) is 4.79 Å². The van der Waals surface area contributed by atoms with Crippen molar-refractivity contribution in [3.8, 4) is 0 Å². The van der Waals surface area contributed by atoms with Gasteiger partial charge in [0.1, 0.15) is 5.82 Å². The molecular formula is C21H34N4O2. The molecule has 6 heteroatoms. The largest absolute Gasteiger partial charge is 0.381 e. The van der Waals surface area contributed by atoms with Gasteiger partial charge in [0, 0.05) is 45.8 Å². The van der Waals surface area contributed by atoms with E-state index in [1.54, 1.807) is 0 Å². The van der Waals surface area contributed by atoms with Crippen molar-refractivity contribution in [2.75, 3.05) is 44.0 Å². The molecule has 0 aliphatic carbocycles. The quantitative estimate of drug-likeness (QED) is 0.858. The van der Waals surface area contributed by atoms with E-state index in [1.807, 2.05) is 31.3 Å². The third-order valence-electron chi connectivity index (χ3n) is 5.79. The molecule has 2 aliphatic heterocycles. The van der Waals surface area contributed by atoms with Gasteiger partial charge in [0.25, 0.3) is 0 Å². The van der Waals surface area contributed by atoms with Crippen LogP contribution in [0.4, 0.5) is 11.5 Å². The van der Waals surface area contributed by atoms with Gasteiger partial charge in [0.15, 0.2) is 0 Å². The molecule has 0 radical (unpaired) electrons. The van der Waals surface area contributed by atoms with Gasteiger partial charge >= 0.3 is 0 Å². The van der Waals surface area contributed by atoms with Crippen LogP contribution in [0.2, 0.25) is 0 Å². The minimum atomic E-state index is 0.149. The summed E-state index contributed by atoms with van der Waals surface area (Å²) in [7, 11) is 3.99. The van der Waals surface area contributed by atoms with Crippen LogP contribution in [0.1, 0.15) is 45.4 Å². The summed E-state index contributed by atoms with van der Waals surface area (Å²) >= 11 is 0. The van der Waals surface area contributed by atoms with Gasteiger partial charge in [-0.05, 0) is 50.7 Å². The Kier molecular flexibility index (Phi) is 6.94. The van der Waals surface area contributed by atoms with Gasteiger partial charge in [-0.15, -0.1) is 0 Å². The Morgan fingerprint density at radius 3 is 2.85 bits per heavy atom. The molecule has 1 amide bonds. The van der Waals surface area contributed by atoms with E-state index < -0.39 is 0 Å². The Hall–Kier alpha value is -1.82. The van der Waals surface area contributed by atoms with Crippen molar-refractivity contribution in [1.82, 2.24) is 9.88 Å². The molecule has 0 saturated carbocycles. The number of amides is 1. The van der Waals surface area contributed by atoms with E-state index in [-0.39, 0.29) is 12.0 Å². The van der Waals surface area contributed by atoms with Crippen LogP contribution in [-0.4, -0.2) is 61.7 Å². The molecule has 1 aromatic rings. The second kappa shape index (κ2) is 9.40. The van der Waals surface area contributed by atoms with Crippen LogP contribution in [0.15, 0.2) is 18.3 Å². The SMILES string of the molecule is CC[C@@H]1C[C@@H](C(=O)N2CCC[C@@H](Nc3ccc(N(C)C)nc3)CC2)CCO1. The summed E-state index contributed by atoms with van der Waals surface area (Å²) in [6.45, 7) is 4.58. The first-order valence-electron chi connectivity index (χ1n) is 10.4. The van der Waals surface area contributed by atoms with Crippen molar-refractivity contribution in [2.45, 2.75) is 57.6 Å². The molecule has 3 rings (SSSR count). The second-order valence-electron chi connectivity index (χ2n) is 8.02. The molecule has 2 aliphatic rings. The highest BCUT2D eigenvalue weighted by atomic mass is 16.5. The third kappa shape index (κ3) is 5.34. The molecule has 0 bridgehead atoms. The van der Waals surface area contributed by atoms with E-state index in [1.165, 1.54) is 0 Å². The summed E-state index contributed by atoms with van der Waals surface area (Å²) in [5, 5.41) is 3.60. The number of ether oxygens (including phenoxy) is 1. The first-order chi connectivity index (χ1) is 13.1. The zero-order chi connectivity index (χ0) is 19.2. The number of likely N-dealkylation sites (tertiary alicyclic amines) is 1. The van der Waals surface area contributed by atoms with Crippen molar-refractivity contribution in [3.05, 3.63) is 18.3 Å². The van der Waals surface area contributed by atoms with Crippen molar-refractivity contribution < 1.29 is 9.53 Å². The molecule has 2 saturated heterocycles. The minimum Gasteiger partial charge on any atom is -0.381 e. The summed E-state index contributed by atoms with van der Waals surface area (Å²) in [5.74, 6) is 1.45. The minimum absolute atomic E-state index is 0.149. The standard InChI is InChI=1S/C21H34N4O2/c1-4-19-14-16(10-13-27-19)21(26)25-11-5-6-17(9-12-25)23-18-7-8-20(22-15-18)24(2)3/h7-8,15-17,19,23H,4-6,9-14H2,1-3H3/t16-,17+,19+/m0/s1. The monoisotopic (exact) mass is 374 g/mol. The van der Waals surface area contributed by atoms with Gasteiger partial charge in [-0.1, -0.05) is 6.92 Å². The van der Waals surface area contributed by atoms with Crippen molar-refractivity contribution >= 4 is 17.4 Å². The predicted molar refractivity (Wildman–Crippen MR) is 109 cm³/mol. The number of nitrogens with zero attached hydrogens (tertiary/aromatic N) is 3. The van der Waals surface area contributed by atoms with Gasteiger partial charge in [-0.3, -0.25) is 4.79 Å². The molecule has 1 N–H and O–H groups in total. The van der Waals surface area contributed by atoms with Gasteiger partial charge < -0.3 is 19.9 Å². The summed E-state index contributed by atoms with van der Waals surface area (Å²) < 4.78 is 5.74. The lowest BCUT2D eigenvalue weighted by molar-refractivity contribution is -0.140. The zero-order valence-electron chi connectivity index (χ0n) is 17.0. The number of hydrogen-bond acceptors (Lipinski definition) is 5. The number of aromatic nitrogens is 1. The maximum atomic E-state index is 13.0. The fourth-order valence-corrected chi connectivity index (χ4v) is 4.08. The fourth-order valence-electron chi connectivity index (χ4n) is 4.08. The molecular weight excluding hydrogens is 340 g/mol. The highest BCUT2D eigenvalue weighted by Crippen LogP contribution is 2.26. The maximum absolute atomic E-state index is 13.0. The molecule has 0 aromatic carbocycles. The number of carbonyl (C=O) groups is 1. The van der Waals surface area contributed by atoms with E-state index in [4.69, 9.17) is 4.74 Å². The first kappa shape index (κ1) is 19.9. The second-order valence-corrected chi connectivity index (χ2v) is 8.02. The molecule has 3 heterocycles. The molecule has 2 fully saturated rings. The number of rotatable bonds is 5. The van der Waals surface area contributed by atoms with Crippen molar-refractivity contribution in [3.63, 3.8) is 0 Å². The van der Waals surface area contributed by atoms with Crippen LogP contribution < -0.4 is 10.2 Å². The lowest BCUT2D eigenvalue weighted by Gasteiger charge is -2.32. The number of hydrogen-bond donors (Lipinski definition) is 1. The summed E-state index contributed by atoms with van der Waals surface area (Å²) in [4.78, 5) is 21.5. The normalized spacial score (nSPS) is 26.3. The Balaban J connectivity index is 1.51. The van der Waals surface area contributed by atoms with Crippen LogP contribution in [0.3, 0.4) is 0 Å². The zero-order valence-corrected chi connectivity index (χ0v) is 17.0. The van der Waals surface area contributed by atoms with Crippen LogP contribution in [0.25, 0.3) is 0 Å². The van der Waals surface area contributed by atoms with Crippen LogP contribution >= 0.6 is 0 Å². The number of anilines is 2. The lowest BCUT2D eigenvalue weighted by Crippen LogP contribution is -2.41. The highest BCUT2D eigenvalue weighted by molar-refractivity contribution is 5.79. The molecule has 0 unspecified atom stereocenters. The summed E-state index contributed by atoms with van der Waals surface area (Å²) in [6, 6.07) is 4.51. The smallest absolute Gasteiger partial charge is 0.225 e. The van der Waals surface area contributed by atoms with E-state index in [0.29, 0.717) is 11.9 Å². The van der Waals surface area contributed by atoms with Crippen LogP contribution in [0.5, 0.6) is 0 Å². The molecule has 27 heavy (non-hydrogen) atoms. The van der Waals surface area contributed by atoms with E-state index >= 15 is 0 Å². The van der Waals surface area contributed by atoms with Crippen molar-refractivity contribution in [2.24, 2.45) is 5.92 Å². The number of pyridine rings is 1.